The Morgan fingerprint density at radius 3 is 1.67 bits per heavy atom. The topological polar surface area (TPSA) is 47.6 Å². The summed E-state index contributed by atoms with van der Waals surface area (Å²) in [5, 5.41) is 17.5. The highest BCUT2D eigenvalue weighted by Gasteiger charge is 2.28. The van der Waals surface area contributed by atoms with Gasteiger partial charge in [0.2, 0.25) is 0 Å². The molecule has 0 saturated heterocycles. The molecule has 0 bridgehead atoms. The number of nitriles is 2. The molecule has 2 nitrogen and oxygen atoms in total. The Balaban J connectivity index is 1.71. The Bertz CT molecular complexity index is 711. The molecule has 0 aromatic heterocycles. The first-order valence-corrected chi connectivity index (χ1v) is 12.3. The van der Waals surface area contributed by atoms with Crippen LogP contribution in [0.1, 0.15) is 12.8 Å². The number of hydrogen-bond acceptors (Lipinski definition) is 8. The third-order valence-electron chi connectivity index (χ3n) is 2.85. The zero-order valence-corrected chi connectivity index (χ0v) is 17.4. The third-order valence-corrected chi connectivity index (χ3v) is 11.5. The molecule has 0 amide bonds. The van der Waals surface area contributed by atoms with Crippen LogP contribution in [-0.4, -0.2) is 11.5 Å². The van der Waals surface area contributed by atoms with E-state index in [1.54, 1.807) is 23.5 Å². The third kappa shape index (κ3) is 4.69. The first kappa shape index (κ1) is 18.6. The van der Waals surface area contributed by atoms with Crippen molar-refractivity contribution in [2.45, 2.75) is 22.6 Å². The lowest BCUT2D eigenvalue weighted by Crippen LogP contribution is -1.79. The van der Waals surface area contributed by atoms with Crippen LogP contribution in [0.5, 0.6) is 0 Å². The number of fused-ring (bicyclic) bond motifs is 1. The quantitative estimate of drug-likeness (QED) is 0.456. The zero-order valence-electron chi connectivity index (χ0n) is 12.5. The Kier molecular flexibility index (Phi) is 7.33. The fraction of sp³-hybridized carbons (Fsp3) is 0.250. The maximum Gasteiger partial charge on any atom is 0.0717 e. The number of rotatable bonds is 6. The van der Waals surface area contributed by atoms with E-state index in [2.05, 4.69) is 36.4 Å². The van der Waals surface area contributed by atoms with Gasteiger partial charge in [-0.3, -0.25) is 0 Å². The number of hydrogen-bond donors (Lipinski definition) is 0. The van der Waals surface area contributed by atoms with Crippen LogP contribution in [0.4, 0.5) is 0 Å². The molecule has 2 aliphatic rings. The van der Waals surface area contributed by atoms with Gasteiger partial charge in [0.05, 0.1) is 29.1 Å². The summed E-state index contributed by atoms with van der Waals surface area (Å²) in [4.78, 5) is 2.66. The summed E-state index contributed by atoms with van der Waals surface area (Å²) in [6.07, 6.45) is 1.13. The molecule has 0 radical (unpaired) electrons. The summed E-state index contributed by atoms with van der Waals surface area (Å²) in [7, 11) is 0. The maximum atomic E-state index is 8.76. The Morgan fingerprint density at radius 2 is 1.21 bits per heavy atom. The van der Waals surface area contributed by atoms with E-state index in [1.807, 2.05) is 47.0 Å². The molecule has 8 heteroatoms. The van der Waals surface area contributed by atoms with Gasteiger partial charge in [0.15, 0.2) is 0 Å². The fourth-order valence-corrected chi connectivity index (χ4v) is 10.3. The molecular formula is C16H12N2S6. The van der Waals surface area contributed by atoms with E-state index in [1.165, 1.54) is 26.7 Å². The van der Waals surface area contributed by atoms with Crippen LogP contribution < -0.4 is 0 Å². The van der Waals surface area contributed by atoms with Crippen LogP contribution >= 0.6 is 70.6 Å². The molecule has 0 aliphatic carbocycles. The number of nitrogens with zero attached hydrogens (tertiary/aromatic N) is 2. The summed E-state index contributed by atoms with van der Waals surface area (Å²) in [6, 6.07) is 12.9. The van der Waals surface area contributed by atoms with Crippen molar-refractivity contribution in [1.29, 1.82) is 10.5 Å². The molecule has 0 atom stereocenters. The van der Waals surface area contributed by atoms with Crippen molar-refractivity contribution in [3.05, 3.63) is 41.2 Å². The van der Waals surface area contributed by atoms with Crippen LogP contribution in [-0.2, 0) is 0 Å². The number of thioether (sulfide) groups is 6. The summed E-state index contributed by atoms with van der Waals surface area (Å²) in [6.45, 7) is 0. The molecule has 0 spiro atoms. The fourth-order valence-electron chi connectivity index (χ4n) is 1.83. The molecule has 122 valence electrons. The Hall–Kier alpha value is -0.220. The second-order valence-corrected chi connectivity index (χ2v) is 11.9. The van der Waals surface area contributed by atoms with Crippen molar-refractivity contribution in [1.82, 2.24) is 0 Å². The van der Waals surface area contributed by atoms with Crippen molar-refractivity contribution in [2.24, 2.45) is 0 Å². The van der Waals surface area contributed by atoms with E-state index in [4.69, 9.17) is 10.5 Å². The Labute approximate surface area is 167 Å². The second kappa shape index (κ2) is 9.47. The van der Waals surface area contributed by atoms with Crippen molar-refractivity contribution in [3.63, 3.8) is 0 Å². The lowest BCUT2D eigenvalue weighted by atomic mass is 10.4. The smallest absolute Gasteiger partial charge is 0.0717 e. The van der Waals surface area contributed by atoms with Crippen LogP contribution in [0.25, 0.3) is 0 Å². The lowest BCUT2D eigenvalue weighted by molar-refractivity contribution is 1.24. The lowest BCUT2D eigenvalue weighted by Gasteiger charge is -2.01. The Morgan fingerprint density at radius 1 is 0.750 bits per heavy atom. The van der Waals surface area contributed by atoms with Gasteiger partial charge in [-0.15, -0.1) is 23.5 Å². The van der Waals surface area contributed by atoms with Crippen LogP contribution in [0.3, 0.4) is 0 Å². The van der Waals surface area contributed by atoms with Crippen LogP contribution in [0.15, 0.2) is 51.0 Å². The van der Waals surface area contributed by atoms with E-state index < -0.39 is 0 Å². The van der Waals surface area contributed by atoms with Gasteiger partial charge < -0.3 is 0 Å². The van der Waals surface area contributed by atoms with Crippen molar-refractivity contribution < 1.29 is 0 Å². The predicted octanol–water partition coefficient (Wildman–Crippen LogP) is 6.91. The first-order valence-electron chi connectivity index (χ1n) is 7.10. The average molecular weight is 425 g/mol. The van der Waals surface area contributed by atoms with Gasteiger partial charge in [-0.2, -0.15) is 10.5 Å². The van der Waals surface area contributed by atoms with E-state index >= 15 is 0 Å². The van der Waals surface area contributed by atoms with E-state index in [9.17, 15) is 0 Å². The summed E-state index contributed by atoms with van der Waals surface area (Å²) in [5.41, 5.74) is 0. The standard InChI is InChI=1S/C16H12N2S6/c17-7-3-9-19-13-14(20-10-4-8-18)24-16(23-13)15-21-11-5-1-2-6-12(11)22-15/h1-2,5-6H,3-4,9-10H2. The minimum atomic E-state index is 0.566. The van der Waals surface area contributed by atoms with Gasteiger partial charge in [-0.1, -0.05) is 59.2 Å². The minimum absolute atomic E-state index is 0.566. The summed E-state index contributed by atoms with van der Waals surface area (Å²) >= 11 is 10.9. The van der Waals surface area contributed by atoms with Gasteiger partial charge in [-0.25, -0.2) is 0 Å². The molecule has 1 aromatic rings. The summed E-state index contributed by atoms with van der Waals surface area (Å²) < 4.78 is 5.26. The molecule has 0 saturated carbocycles. The maximum absolute atomic E-state index is 8.76. The highest BCUT2D eigenvalue weighted by Crippen LogP contribution is 2.64. The summed E-state index contributed by atoms with van der Waals surface area (Å²) in [5.74, 6) is 1.65. The highest BCUT2D eigenvalue weighted by atomic mass is 32.3. The molecule has 2 aliphatic heterocycles. The SMILES string of the molecule is N#CCCSC1=C(SCCC#N)SC(=C2Sc3ccccc3S2)S1. The molecule has 3 rings (SSSR count). The van der Waals surface area contributed by atoms with E-state index in [-0.39, 0.29) is 0 Å². The number of benzene rings is 1. The molecule has 0 unspecified atom stereocenters. The molecule has 0 N–H and O–H groups in total. The molecule has 1 aromatic carbocycles. The van der Waals surface area contributed by atoms with E-state index in [0.717, 1.165) is 11.5 Å². The second-order valence-electron chi connectivity index (χ2n) is 4.52. The van der Waals surface area contributed by atoms with Gasteiger partial charge in [0.1, 0.15) is 0 Å². The largest absolute Gasteiger partial charge is 0.198 e. The monoisotopic (exact) mass is 424 g/mol. The van der Waals surface area contributed by atoms with E-state index in [0.29, 0.717) is 12.8 Å². The molecule has 24 heavy (non-hydrogen) atoms. The molecule has 0 fully saturated rings. The van der Waals surface area contributed by atoms with Gasteiger partial charge in [0.25, 0.3) is 0 Å². The van der Waals surface area contributed by atoms with Crippen molar-refractivity contribution >= 4 is 70.6 Å². The average Bonchev–Trinajstić information content (AvgIpc) is 3.19. The minimum Gasteiger partial charge on any atom is -0.198 e. The molecule has 2 heterocycles. The van der Waals surface area contributed by atoms with Crippen LogP contribution in [0, 0.1) is 22.7 Å². The normalized spacial score (nSPS) is 16.2. The predicted molar refractivity (Wildman–Crippen MR) is 113 cm³/mol. The van der Waals surface area contributed by atoms with Crippen molar-refractivity contribution in [2.75, 3.05) is 11.5 Å². The highest BCUT2D eigenvalue weighted by molar-refractivity contribution is 8.42. The first-order chi connectivity index (χ1) is 11.8. The van der Waals surface area contributed by atoms with Gasteiger partial charge >= 0.3 is 0 Å². The van der Waals surface area contributed by atoms with Gasteiger partial charge in [-0.05, 0) is 12.1 Å². The zero-order chi connectivity index (χ0) is 16.8. The molecular weight excluding hydrogens is 413 g/mol. The van der Waals surface area contributed by atoms with Gasteiger partial charge in [0, 0.05) is 34.1 Å². The van der Waals surface area contributed by atoms with Crippen molar-refractivity contribution in [3.8, 4) is 12.1 Å². The van der Waals surface area contributed by atoms with Crippen LogP contribution in [0.2, 0.25) is 0 Å².